The van der Waals surface area contributed by atoms with Gasteiger partial charge in [0.05, 0.1) is 8.95 Å². The molecule has 1 atom stereocenters. The van der Waals surface area contributed by atoms with Crippen LogP contribution in [0, 0.1) is 0 Å². The maximum absolute atomic E-state index is 10.2. The van der Waals surface area contributed by atoms with E-state index in [2.05, 4.69) is 36.0 Å². The molecule has 3 nitrogen and oxygen atoms in total. The fourth-order valence-electron chi connectivity index (χ4n) is 0.630. The molecule has 0 fully saturated rings. The van der Waals surface area contributed by atoms with Crippen LogP contribution in [0.3, 0.4) is 0 Å². The molecule has 1 aromatic rings. The highest BCUT2D eigenvalue weighted by atomic mass is 79.9. The molecule has 0 saturated carbocycles. The van der Waals surface area contributed by atoms with Crippen LogP contribution in [0.2, 0.25) is 0 Å². The summed E-state index contributed by atoms with van der Waals surface area (Å²) in [6.07, 6.45) is 0. The minimum absolute atomic E-state index is 0.255. The average molecular weight is 315 g/mol. The summed E-state index contributed by atoms with van der Waals surface area (Å²) in [5.74, 6) is 0.255. The molecule has 6 heteroatoms. The van der Waals surface area contributed by atoms with Crippen LogP contribution in [0.1, 0.15) is 0 Å². The fourth-order valence-corrected chi connectivity index (χ4v) is 2.32. The molecule has 0 spiro atoms. The Morgan fingerprint density at radius 1 is 1.33 bits per heavy atom. The van der Waals surface area contributed by atoms with Crippen LogP contribution in [0.4, 0.5) is 0 Å². The first-order valence-corrected chi connectivity index (χ1v) is 5.41. The standard InChI is InChI=1S/C6H4Br2O3S/c7-4-2-1-3-5(8)6(4)11-12(9)10/h1-3H,(H,9,10)/p-1. The molecular weight excluding hydrogens is 312 g/mol. The van der Waals surface area contributed by atoms with E-state index in [4.69, 9.17) is 0 Å². The lowest BCUT2D eigenvalue weighted by Crippen LogP contribution is -1.98. The zero-order valence-electron chi connectivity index (χ0n) is 5.62. The van der Waals surface area contributed by atoms with Crippen molar-refractivity contribution < 1.29 is 12.9 Å². The number of halogens is 2. The first-order chi connectivity index (χ1) is 5.61. The van der Waals surface area contributed by atoms with Crippen LogP contribution in [0.15, 0.2) is 27.1 Å². The topological polar surface area (TPSA) is 49.4 Å². The number of hydrogen-bond donors (Lipinski definition) is 0. The molecule has 0 aliphatic carbocycles. The molecule has 0 bridgehead atoms. The highest BCUT2D eigenvalue weighted by Crippen LogP contribution is 2.33. The summed E-state index contributed by atoms with van der Waals surface area (Å²) in [6.45, 7) is 0. The largest absolute Gasteiger partial charge is 0.740 e. The van der Waals surface area contributed by atoms with Crippen molar-refractivity contribution >= 4 is 43.2 Å². The van der Waals surface area contributed by atoms with Crippen LogP contribution in [0.25, 0.3) is 0 Å². The van der Waals surface area contributed by atoms with Gasteiger partial charge in [0.2, 0.25) is 0 Å². The molecule has 1 rings (SSSR count). The third kappa shape index (κ3) is 2.55. The molecule has 66 valence electrons. The maximum atomic E-state index is 10.2. The highest BCUT2D eigenvalue weighted by Gasteiger charge is 2.05. The predicted molar refractivity (Wildman–Crippen MR) is 51.4 cm³/mol. The van der Waals surface area contributed by atoms with Gasteiger partial charge in [0.15, 0.2) is 5.75 Å². The zero-order chi connectivity index (χ0) is 9.14. The Morgan fingerprint density at radius 2 is 1.83 bits per heavy atom. The summed E-state index contributed by atoms with van der Waals surface area (Å²) in [4.78, 5) is 0. The van der Waals surface area contributed by atoms with E-state index >= 15 is 0 Å². The second-order valence-electron chi connectivity index (χ2n) is 1.84. The number of para-hydroxylation sites is 1. The van der Waals surface area contributed by atoms with Crippen molar-refractivity contribution in [1.82, 2.24) is 0 Å². The summed E-state index contributed by atoms with van der Waals surface area (Å²) in [5, 5.41) is 0. The number of benzene rings is 1. The van der Waals surface area contributed by atoms with Crippen molar-refractivity contribution in [3.8, 4) is 5.75 Å². The van der Waals surface area contributed by atoms with E-state index in [-0.39, 0.29) is 5.75 Å². The Bertz CT molecular complexity index is 295. The Balaban J connectivity index is 3.04. The van der Waals surface area contributed by atoms with Crippen LogP contribution in [-0.2, 0) is 11.4 Å². The van der Waals surface area contributed by atoms with Crippen LogP contribution in [-0.4, -0.2) is 8.76 Å². The van der Waals surface area contributed by atoms with Crippen molar-refractivity contribution in [2.75, 3.05) is 0 Å². The fraction of sp³-hybridized carbons (Fsp3) is 0. The maximum Gasteiger partial charge on any atom is 0.167 e. The Morgan fingerprint density at radius 3 is 2.25 bits per heavy atom. The first kappa shape index (κ1) is 10.2. The molecular formula is C6H3Br2O3S-. The van der Waals surface area contributed by atoms with Gasteiger partial charge in [0.1, 0.15) is 11.4 Å². The second kappa shape index (κ2) is 4.36. The zero-order valence-corrected chi connectivity index (χ0v) is 9.61. The second-order valence-corrected chi connectivity index (χ2v) is 4.12. The van der Waals surface area contributed by atoms with Gasteiger partial charge < -0.3 is 8.74 Å². The molecule has 0 aromatic heterocycles. The van der Waals surface area contributed by atoms with Crippen molar-refractivity contribution in [2.24, 2.45) is 0 Å². The van der Waals surface area contributed by atoms with Crippen LogP contribution < -0.4 is 4.18 Å². The molecule has 1 unspecified atom stereocenters. The molecule has 0 radical (unpaired) electrons. The molecule has 0 amide bonds. The van der Waals surface area contributed by atoms with E-state index in [0.717, 1.165) is 0 Å². The summed E-state index contributed by atoms with van der Waals surface area (Å²) >= 11 is 3.75. The molecule has 0 aliphatic rings. The lowest BCUT2D eigenvalue weighted by atomic mass is 10.3. The van der Waals surface area contributed by atoms with Crippen molar-refractivity contribution in [3.05, 3.63) is 27.1 Å². The minimum Gasteiger partial charge on any atom is -0.740 e. The van der Waals surface area contributed by atoms with Gasteiger partial charge in [-0.1, -0.05) is 6.07 Å². The van der Waals surface area contributed by atoms with E-state index < -0.39 is 11.4 Å². The van der Waals surface area contributed by atoms with Gasteiger partial charge in [-0.3, -0.25) is 0 Å². The van der Waals surface area contributed by atoms with E-state index in [0.29, 0.717) is 8.95 Å². The summed E-state index contributed by atoms with van der Waals surface area (Å²) in [6, 6.07) is 5.13. The van der Waals surface area contributed by atoms with Gasteiger partial charge in [0, 0.05) is 0 Å². The smallest absolute Gasteiger partial charge is 0.167 e. The molecule has 0 saturated heterocycles. The van der Waals surface area contributed by atoms with Crippen LogP contribution in [0.5, 0.6) is 5.75 Å². The summed E-state index contributed by atoms with van der Waals surface area (Å²) in [7, 11) is 0. The quantitative estimate of drug-likeness (QED) is 0.788. The van der Waals surface area contributed by atoms with Crippen molar-refractivity contribution in [2.45, 2.75) is 0 Å². The summed E-state index contributed by atoms with van der Waals surface area (Å²) in [5.41, 5.74) is 0. The normalized spacial score (nSPS) is 12.6. The van der Waals surface area contributed by atoms with Crippen LogP contribution >= 0.6 is 31.9 Å². The highest BCUT2D eigenvalue weighted by molar-refractivity contribution is 9.11. The third-order valence-electron chi connectivity index (χ3n) is 1.07. The SMILES string of the molecule is O=S([O-])Oc1c(Br)cccc1Br. The Kier molecular flexibility index (Phi) is 3.70. The van der Waals surface area contributed by atoms with Gasteiger partial charge in [-0.25, -0.2) is 4.21 Å². The van der Waals surface area contributed by atoms with Gasteiger partial charge in [-0.05, 0) is 44.0 Å². The minimum atomic E-state index is -2.55. The van der Waals surface area contributed by atoms with E-state index in [9.17, 15) is 8.76 Å². The molecule has 0 heterocycles. The van der Waals surface area contributed by atoms with Gasteiger partial charge in [0.25, 0.3) is 0 Å². The molecule has 12 heavy (non-hydrogen) atoms. The Hall–Kier alpha value is 0.0900. The Labute approximate surface area is 88.9 Å². The number of rotatable bonds is 2. The average Bonchev–Trinajstić information content (AvgIpc) is 1.97. The van der Waals surface area contributed by atoms with Crippen molar-refractivity contribution in [3.63, 3.8) is 0 Å². The molecule has 1 aromatic carbocycles. The predicted octanol–water partition coefficient (Wildman–Crippen LogP) is 2.38. The van der Waals surface area contributed by atoms with Gasteiger partial charge in [-0.15, -0.1) is 0 Å². The van der Waals surface area contributed by atoms with Crippen molar-refractivity contribution in [1.29, 1.82) is 0 Å². The monoisotopic (exact) mass is 313 g/mol. The first-order valence-electron chi connectivity index (χ1n) is 2.83. The number of hydrogen-bond acceptors (Lipinski definition) is 3. The molecule has 0 N–H and O–H groups in total. The summed E-state index contributed by atoms with van der Waals surface area (Å²) < 4.78 is 26.1. The third-order valence-corrected chi connectivity index (χ3v) is 2.62. The van der Waals surface area contributed by atoms with Gasteiger partial charge >= 0.3 is 0 Å². The van der Waals surface area contributed by atoms with Gasteiger partial charge in [-0.2, -0.15) is 0 Å². The van der Waals surface area contributed by atoms with E-state index in [1.807, 2.05) is 0 Å². The molecule has 0 aliphatic heterocycles. The lowest BCUT2D eigenvalue weighted by molar-refractivity contribution is 0.438. The lowest BCUT2D eigenvalue weighted by Gasteiger charge is -2.09. The van der Waals surface area contributed by atoms with E-state index in [1.54, 1.807) is 18.2 Å². The van der Waals surface area contributed by atoms with E-state index in [1.165, 1.54) is 0 Å².